The third-order valence-electron chi connectivity index (χ3n) is 1.67. The van der Waals surface area contributed by atoms with Gasteiger partial charge in [-0.05, 0) is 26.0 Å². The van der Waals surface area contributed by atoms with Gasteiger partial charge in [0.05, 0.1) is 5.54 Å². The minimum Gasteiger partial charge on any atom is -0.354 e. The van der Waals surface area contributed by atoms with E-state index in [4.69, 9.17) is 11.7 Å². The van der Waals surface area contributed by atoms with Crippen LogP contribution in [-0.2, 0) is 0 Å². The summed E-state index contributed by atoms with van der Waals surface area (Å²) in [4.78, 5) is 4.06. The molecule has 14 heavy (non-hydrogen) atoms. The molecule has 0 radical (unpaired) electrons. The number of anilines is 1. The highest BCUT2D eigenvalue weighted by Crippen LogP contribution is 2.11. The summed E-state index contributed by atoms with van der Waals surface area (Å²) in [6, 6.07) is 7.16. The van der Waals surface area contributed by atoms with Gasteiger partial charge in [-0.15, -0.1) is 6.42 Å². The smallest absolute Gasteiger partial charge is 0.142 e. The van der Waals surface area contributed by atoms with E-state index in [1.54, 1.807) is 18.2 Å². The minimum atomic E-state index is -0.457. The summed E-state index contributed by atoms with van der Waals surface area (Å²) in [6.45, 7) is 3.74. The first kappa shape index (κ1) is 10.1. The lowest BCUT2D eigenvalue weighted by molar-refractivity contribution is 0.736. The summed E-state index contributed by atoms with van der Waals surface area (Å²) in [6.07, 6.45) is 5.32. The van der Waals surface area contributed by atoms with Crippen LogP contribution in [0.5, 0.6) is 0 Å². The molecule has 1 aromatic rings. The third kappa shape index (κ3) is 2.50. The van der Waals surface area contributed by atoms with Crippen LogP contribution in [0.1, 0.15) is 19.5 Å². The van der Waals surface area contributed by atoms with E-state index in [1.807, 2.05) is 19.9 Å². The molecule has 1 rings (SSSR count). The largest absolute Gasteiger partial charge is 0.354 e. The van der Waals surface area contributed by atoms with Crippen LogP contribution in [0.3, 0.4) is 0 Å². The van der Waals surface area contributed by atoms with Crippen molar-refractivity contribution in [2.75, 3.05) is 5.32 Å². The Balaban J connectivity index is 2.90. The van der Waals surface area contributed by atoms with Crippen LogP contribution in [-0.4, -0.2) is 10.5 Å². The summed E-state index contributed by atoms with van der Waals surface area (Å²) in [5.41, 5.74) is -0.0797. The van der Waals surface area contributed by atoms with E-state index in [9.17, 15) is 0 Å². The number of terminal acetylenes is 1. The van der Waals surface area contributed by atoms with Gasteiger partial charge in [0, 0.05) is 0 Å². The van der Waals surface area contributed by atoms with Crippen molar-refractivity contribution in [1.29, 1.82) is 5.26 Å². The predicted octanol–water partition coefficient (Wildman–Crippen LogP) is 1.78. The van der Waals surface area contributed by atoms with Gasteiger partial charge in [0.2, 0.25) is 0 Å². The van der Waals surface area contributed by atoms with Gasteiger partial charge in [-0.25, -0.2) is 4.98 Å². The van der Waals surface area contributed by atoms with Crippen molar-refractivity contribution in [2.45, 2.75) is 19.4 Å². The number of rotatable bonds is 2. The van der Waals surface area contributed by atoms with Crippen LogP contribution < -0.4 is 5.32 Å². The van der Waals surface area contributed by atoms with Crippen LogP contribution in [0.25, 0.3) is 0 Å². The summed E-state index contributed by atoms with van der Waals surface area (Å²) < 4.78 is 0. The van der Waals surface area contributed by atoms with Crippen molar-refractivity contribution in [2.24, 2.45) is 0 Å². The Morgan fingerprint density at radius 2 is 2.21 bits per heavy atom. The Hall–Kier alpha value is -2.00. The Bertz CT molecular complexity index is 407. The second-order valence-electron chi connectivity index (χ2n) is 3.41. The number of aromatic nitrogens is 1. The highest BCUT2D eigenvalue weighted by atomic mass is 15.0. The molecule has 1 N–H and O–H groups in total. The zero-order valence-electron chi connectivity index (χ0n) is 8.20. The topological polar surface area (TPSA) is 48.7 Å². The summed E-state index contributed by atoms with van der Waals surface area (Å²) in [5, 5.41) is 11.7. The van der Waals surface area contributed by atoms with Gasteiger partial charge in [-0.1, -0.05) is 12.0 Å². The molecular formula is C11H11N3. The standard InChI is InChI=1S/C11H11N3/c1-4-11(2,3)14-10-7-5-6-9(8-12)13-10/h1,5-7H,2-3H3,(H,13,14). The first-order chi connectivity index (χ1) is 6.57. The highest BCUT2D eigenvalue weighted by Gasteiger charge is 2.13. The van der Waals surface area contributed by atoms with Crippen molar-refractivity contribution in [1.82, 2.24) is 4.98 Å². The lowest BCUT2D eigenvalue weighted by atomic mass is 10.1. The number of nitriles is 1. The molecule has 0 bridgehead atoms. The van der Waals surface area contributed by atoms with E-state index in [0.717, 1.165) is 0 Å². The lowest BCUT2D eigenvalue weighted by Crippen LogP contribution is -2.28. The molecule has 0 fully saturated rings. The maximum absolute atomic E-state index is 8.64. The summed E-state index contributed by atoms with van der Waals surface area (Å²) in [5.74, 6) is 3.21. The van der Waals surface area contributed by atoms with Crippen molar-refractivity contribution < 1.29 is 0 Å². The van der Waals surface area contributed by atoms with Gasteiger partial charge in [0.25, 0.3) is 0 Å². The second-order valence-corrected chi connectivity index (χ2v) is 3.41. The van der Waals surface area contributed by atoms with Gasteiger partial charge >= 0.3 is 0 Å². The van der Waals surface area contributed by atoms with Gasteiger partial charge in [-0.2, -0.15) is 5.26 Å². The number of nitrogens with zero attached hydrogens (tertiary/aromatic N) is 2. The Kier molecular flexibility index (Phi) is 2.74. The Morgan fingerprint density at radius 3 is 2.79 bits per heavy atom. The van der Waals surface area contributed by atoms with Crippen LogP contribution in [0.4, 0.5) is 5.82 Å². The number of pyridine rings is 1. The third-order valence-corrected chi connectivity index (χ3v) is 1.67. The molecule has 3 heteroatoms. The quantitative estimate of drug-likeness (QED) is 0.714. The average Bonchev–Trinajstić information content (AvgIpc) is 2.17. The van der Waals surface area contributed by atoms with E-state index in [2.05, 4.69) is 16.2 Å². The fraction of sp³-hybridized carbons (Fsp3) is 0.273. The van der Waals surface area contributed by atoms with Crippen molar-refractivity contribution >= 4 is 5.82 Å². The van der Waals surface area contributed by atoms with E-state index in [0.29, 0.717) is 11.5 Å². The fourth-order valence-corrected chi connectivity index (χ4v) is 0.923. The van der Waals surface area contributed by atoms with E-state index in [1.165, 1.54) is 0 Å². The molecule has 0 aromatic carbocycles. The van der Waals surface area contributed by atoms with Gasteiger partial charge in [-0.3, -0.25) is 0 Å². The summed E-state index contributed by atoms with van der Waals surface area (Å²) in [7, 11) is 0. The normalized spacial score (nSPS) is 10.0. The van der Waals surface area contributed by atoms with Crippen LogP contribution in [0.15, 0.2) is 18.2 Å². The molecule has 0 saturated heterocycles. The van der Waals surface area contributed by atoms with Crippen molar-refractivity contribution in [3.8, 4) is 18.4 Å². The molecule has 0 aliphatic rings. The lowest BCUT2D eigenvalue weighted by Gasteiger charge is -2.19. The van der Waals surface area contributed by atoms with E-state index >= 15 is 0 Å². The zero-order chi connectivity index (χ0) is 10.6. The fourth-order valence-electron chi connectivity index (χ4n) is 0.923. The Morgan fingerprint density at radius 1 is 1.50 bits per heavy atom. The van der Waals surface area contributed by atoms with Gasteiger partial charge < -0.3 is 5.32 Å². The maximum Gasteiger partial charge on any atom is 0.142 e. The molecule has 0 saturated carbocycles. The van der Waals surface area contributed by atoms with Crippen LogP contribution >= 0.6 is 0 Å². The monoisotopic (exact) mass is 185 g/mol. The molecule has 0 atom stereocenters. The maximum atomic E-state index is 8.64. The van der Waals surface area contributed by atoms with E-state index in [-0.39, 0.29) is 0 Å². The van der Waals surface area contributed by atoms with Crippen LogP contribution in [0.2, 0.25) is 0 Å². The SMILES string of the molecule is C#CC(C)(C)Nc1cccc(C#N)n1. The molecule has 0 amide bonds. The first-order valence-electron chi connectivity index (χ1n) is 4.20. The number of nitrogens with one attached hydrogen (secondary N) is 1. The van der Waals surface area contributed by atoms with Gasteiger partial charge in [0.1, 0.15) is 17.6 Å². The van der Waals surface area contributed by atoms with Crippen molar-refractivity contribution in [3.63, 3.8) is 0 Å². The highest BCUT2D eigenvalue weighted by molar-refractivity contribution is 5.43. The van der Waals surface area contributed by atoms with Crippen LogP contribution in [0, 0.1) is 23.7 Å². The molecule has 0 unspecified atom stereocenters. The van der Waals surface area contributed by atoms with E-state index < -0.39 is 5.54 Å². The molecule has 0 aliphatic carbocycles. The molecular weight excluding hydrogens is 174 g/mol. The number of hydrogen-bond acceptors (Lipinski definition) is 3. The predicted molar refractivity (Wildman–Crippen MR) is 55.5 cm³/mol. The molecule has 70 valence electrons. The summed E-state index contributed by atoms with van der Waals surface area (Å²) >= 11 is 0. The number of hydrogen-bond donors (Lipinski definition) is 1. The molecule has 1 aromatic heterocycles. The second kappa shape index (κ2) is 3.81. The molecule has 1 heterocycles. The average molecular weight is 185 g/mol. The zero-order valence-corrected chi connectivity index (χ0v) is 8.20. The molecule has 0 aliphatic heterocycles. The van der Waals surface area contributed by atoms with Crippen molar-refractivity contribution in [3.05, 3.63) is 23.9 Å². The van der Waals surface area contributed by atoms with Gasteiger partial charge in [0.15, 0.2) is 0 Å². The first-order valence-corrected chi connectivity index (χ1v) is 4.20. The molecule has 3 nitrogen and oxygen atoms in total. The Labute approximate surface area is 83.8 Å². The minimum absolute atomic E-state index is 0.378. The molecule has 0 spiro atoms.